The van der Waals surface area contributed by atoms with Gasteiger partial charge in [-0.2, -0.15) is 0 Å². The van der Waals surface area contributed by atoms with Gasteiger partial charge >= 0.3 is 0 Å². The molecule has 0 unspecified atom stereocenters. The molecule has 2 nitrogen and oxygen atoms in total. The van der Waals surface area contributed by atoms with E-state index in [-0.39, 0.29) is 17.8 Å². The molecule has 0 aliphatic heterocycles. The van der Waals surface area contributed by atoms with Gasteiger partial charge in [0.15, 0.2) is 5.78 Å². The topological polar surface area (TPSA) is 43.1 Å². The first-order valence-corrected chi connectivity index (χ1v) is 6.19. The normalized spacial score (nSPS) is 10.3. The molecule has 0 spiro atoms. The molecule has 0 radical (unpaired) electrons. The Labute approximate surface area is 113 Å². The summed E-state index contributed by atoms with van der Waals surface area (Å²) >= 11 is 3.06. The van der Waals surface area contributed by atoms with Crippen molar-refractivity contribution in [2.75, 3.05) is 5.73 Å². The Balaban J connectivity index is 2.25. The lowest BCUT2D eigenvalue weighted by Gasteiger charge is -2.05. The number of carbonyl (C=O) groups is 1. The first kappa shape index (κ1) is 12.8. The van der Waals surface area contributed by atoms with Gasteiger partial charge in [-0.05, 0) is 45.8 Å². The standard InChI is InChI=1S/C14H11BrFNO/c15-12-6-2-5-11(14(12)16)13(18)8-9-3-1-4-10(17)7-9/h1-7H,8,17H2. The van der Waals surface area contributed by atoms with Crippen LogP contribution in [0, 0.1) is 5.82 Å². The van der Waals surface area contributed by atoms with E-state index in [4.69, 9.17) is 5.73 Å². The van der Waals surface area contributed by atoms with Crippen molar-refractivity contribution in [3.05, 3.63) is 63.9 Å². The molecule has 0 bridgehead atoms. The van der Waals surface area contributed by atoms with Crippen LogP contribution in [0.2, 0.25) is 0 Å². The summed E-state index contributed by atoms with van der Waals surface area (Å²) < 4.78 is 14.0. The summed E-state index contributed by atoms with van der Waals surface area (Å²) in [7, 11) is 0. The van der Waals surface area contributed by atoms with Gasteiger partial charge in [0.25, 0.3) is 0 Å². The van der Waals surface area contributed by atoms with E-state index in [9.17, 15) is 9.18 Å². The summed E-state index contributed by atoms with van der Waals surface area (Å²) in [6.45, 7) is 0. The van der Waals surface area contributed by atoms with Gasteiger partial charge in [0.1, 0.15) is 5.82 Å². The molecule has 0 fully saturated rings. The zero-order valence-corrected chi connectivity index (χ0v) is 11.1. The van der Waals surface area contributed by atoms with E-state index in [0.29, 0.717) is 10.2 Å². The van der Waals surface area contributed by atoms with Crippen LogP contribution in [0.15, 0.2) is 46.9 Å². The quantitative estimate of drug-likeness (QED) is 0.695. The number of Topliss-reactive ketones (excluding diaryl/α,β-unsaturated/α-hetero) is 1. The van der Waals surface area contributed by atoms with Crippen molar-refractivity contribution in [1.82, 2.24) is 0 Å². The lowest BCUT2D eigenvalue weighted by molar-refractivity contribution is 0.0989. The Bertz CT molecular complexity index is 598. The highest BCUT2D eigenvalue weighted by molar-refractivity contribution is 9.10. The number of nitrogen functional groups attached to an aromatic ring is 1. The summed E-state index contributed by atoms with van der Waals surface area (Å²) in [6.07, 6.45) is 0.137. The average molecular weight is 308 g/mol. The van der Waals surface area contributed by atoms with E-state index < -0.39 is 5.82 Å². The zero-order valence-electron chi connectivity index (χ0n) is 9.49. The summed E-state index contributed by atoms with van der Waals surface area (Å²) in [5.41, 5.74) is 7.09. The van der Waals surface area contributed by atoms with Crippen LogP contribution in [0.3, 0.4) is 0 Å². The minimum absolute atomic E-state index is 0.0896. The monoisotopic (exact) mass is 307 g/mol. The highest BCUT2D eigenvalue weighted by Gasteiger charge is 2.14. The predicted octanol–water partition coefficient (Wildman–Crippen LogP) is 3.60. The van der Waals surface area contributed by atoms with Gasteiger partial charge in [-0.25, -0.2) is 4.39 Å². The van der Waals surface area contributed by atoms with Crippen LogP contribution >= 0.6 is 15.9 Å². The molecule has 0 amide bonds. The number of nitrogens with two attached hydrogens (primary N) is 1. The van der Waals surface area contributed by atoms with E-state index >= 15 is 0 Å². The minimum Gasteiger partial charge on any atom is -0.399 e. The van der Waals surface area contributed by atoms with Gasteiger partial charge in [-0.3, -0.25) is 4.79 Å². The van der Waals surface area contributed by atoms with Crippen LogP contribution in [0.1, 0.15) is 15.9 Å². The zero-order chi connectivity index (χ0) is 13.1. The third-order valence-electron chi connectivity index (χ3n) is 2.57. The highest BCUT2D eigenvalue weighted by atomic mass is 79.9. The summed E-state index contributed by atoms with van der Waals surface area (Å²) in [5.74, 6) is -0.786. The van der Waals surface area contributed by atoms with Gasteiger partial charge in [-0.15, -0.1) is 0 Å². The first-order chi connectivity index (χ1) is 8.58. The van der Waals surface area contributed by atoms with Gasteiger partial charge in [0.2, 0.25) is 0 Å². The number of carbonyl (C=O) groups excluding carboxylic acids is 1. The van der Waals surface area contributed by atoms with E-state index in [1.165, 1.54) is 6.07 Å². The van der Waals surface area contributed by atoms with Crippen molar-refractivity contribution in [2.24, 2.45) is 0 Å². The fourth-order valence-electron chi connectivity index (χ4n) is 1.70. The number of hydrogen-bond acceptors (Lipinski definition) is 2. The molecule has 0 heterocycles. The Morgan fingerprint density at radius 2 is 1.94 bits per heavy atom. The maximum Gasteiger partial charge on any atom is 0.170 e. The molecule has 2 aromatic carbocycles. The predicted molar refractivity (Wildman–Crippen MR) is 73.0 cm³/mol. The second kappa shape index (κ2) is 5.31. The van der Waals surface area contributed by atoms with E-state index in [2.05, 4.69) is 15.9 Å². The number of rotatable bonds is 3. The molecule has 2 rings (SSSR count). The molecular formula is C14H11BrFNO. The Morgan fingerprint density at radius 3 is 2.67 bits per heavy atom. The molecule has 0 aromatic heterocycles. The van der Waals surface area contributed by atoms with E-state index in [1.807, 2.05) is 0 Å². The molecule has 0 aliphatic carbocycles. The Kier molecular flexibility index (Phi) is 3.77. The number of anilines is 1. The lowest BCUT2D eigenvalue weighted by atomic mass is 10.0. The van der Waals surface area contributed by atoms with Crippen LogP contribution in [-0.4, -0.2) is 5.78 Å². The number of benzene rings is 2. The third kappa shape index (κ3) is 2.76. The molecular weight excluding hydrogens is 297 g/mol. The highest BCUT2D eigenvalue weighted by Crippen LogP contribution is 2.20. The molecule has 92 valence electrons. The molecule has 0 atom stereocenters. The molecule has 0 saturated carbocycles. The third-order valence-corrected chi connectivity index (χ3v) is 3.18. The van der Waals surface area contributed by atoms with Crippen molar-refractivity contribution in [3.8, 4) is 0 Å². The molecule has 0 aliphatic rings. The van der Waals surface area contributed by atoms with Gasteiger partial charge in [0, 0.05) is 12.1 Å². The van der Waals surface area contributed by atoms with Gasteiger partial charge in [-0.1, -0.05) is 18.2 Å². The molecule has 0 saturated heterocycles. The Morgan fingerprint density at radius 1 is 1.22 bits per heavy atom. The largest absolute Gasteiger partial charge is 0.399 e. The van der Waals surface area contributed by atoms with Crippen LogP contribution < -0.4 is 5.73 Å². The molecule has 4 heteroatoms. The fourth-order valence-corrected chi connectivity index (χ4v) is 2.07. The van der Waals surface area contributed by atoms with E-state index in [0.717, 1.165) is 5.56 Å². The van der Waals surface area contributed by atoms with Crippen molar-refractivity contribution >= 4 is 27.4 Å². The Hall–Kier alpha value is -1.68. The number of hydrogen-bond donors (Lipinski definition) is 1. The molecule has 2 N–H and O–H groups in total. The van der Waals surface area contributed by atoms with Crippen LogP contribution in [-0.2, 0) is 6.42 Å². The van der Waals surface area contributed by atoms with Crippen LogP contribution in [0.5, 0.6) is 0 Å². The average Bonchev–Trinajstić information content (AvgIpc) is 2.32. The van der Waals surface area contributed by atoms with Crippen molar-refractivity contribution in [1.29, 1.82) is 0 Å². The van der Waals surface area contributed by atoms with Crippen molar-refractivity contribution in [3.63, 3.8) is 0 Å². The molecule has 2 aromatic rings. The van der Waals surface area contributed by atoms with Crippen molar-refractivity contribution in [2.45, 2.75) is 6.42 Å². The fraction of sp³-hybridized carbons (Fsp3) is 0.0714. The van der Waals surface area contributed by atoms with Gasteiger partial charge in [0.05, 0.1) is 10.0 Å². The van der Waals surface area contributed by atoms with Crippen LogP contribution in [0.25, 0.3) is 0 Å². The second-order valence-corrected chi connectivity index (χ2v) is 4.80. The smallest absolute Gasteiger partial charge is 0.170 e. The van der Waals surface area contributed by atoms with E-state index in [1.54, 1.807) is 36.4 Å². The molecule has 18 heavy (non-hydrogen) atoms. The summed E-state index contributed by atoms with van der Waals surface area (Å²) in [4.78, 5) is 12.0. The van der Waals surface area contributed by atoms with Crippen LogP contribution in [0.4, 0.5) is 10.1 Å². The maximum atomic E-state index is 13.7. The maximum absolute atomic E-state index is 13.7. The number of ketones is 1. The van der Waals surface area contributed by atoms with Gasteiger partial charge < -0.3 is 5.73 Å². The van der Waals surface area contributed by atoms with Crippen molar-refractivity contribution < 1.29 is 9.18 Å². The summed E-state index contributed by atoms with van der Waals surface area (Å²) in [5, 5.41) is 0. The number of halogens is 2. The lowest BCUT2D eigenvalue weighted by Crippen LogP contribution is -2.06. The minimum atomic E-state index is -0.522. The first-order valence-electron chi connectivity index (χ1n) is 5.39. The second-order valence-electron chi connectivity index (χ2n) is 3.95. The SMILES string of the molecule is Nc1cccc(CC(=O)c2cccc(Br)c2F)c1. The summed E-state index contributed by atoms with van der Waals surface area (Å²) in [6, 6.07) is 11.7.